The molecular formula is CH3BOS-. The van der Waals surface area contributed by atoms with Crippen LogP contribution in [0, 0.1) is 0 Å². The first-order valence-electron chi connectivity index (χ1n) is 0.811. The fourth-order valence-electron chi connectivity index (χ4n) is 0. The van der Waals surface area contributed by atoms with Gasteiger partial charge < -0.3 is 0 Å². The Kier molecular flexibility index (Phi) is 1.61. The normalized spacial score (nSPS) is 8.25. The molecule has 0 bridgehead atoms. The Morgan fingerprint density at radius 1 is 2.00 bits per heavy atom. The Morgan fingerprint density at radius 3 is 2.00 bits per heavy atom. The van der Waals surface area contributed by atoms with Gasteiger partial charge in [-0.15, -0.1) is 0 Å². The average molecular weight is 73.9 g/mol. The molecule has 0 unspecified atom stereocenters. The van der Waals surface area contributed by atoms with Crippen molar-refractivity contribution in [1.82, 2.24) is 0 Å². The summed E-state index contributed by atoms with van der Waals surface area (Å²) in [5.41, 5.74) is 0. The van der Waals surface area contributed by atoms with Crippen molar-refractivity contribution < 1.29 is 4.21 Å². The molecule has 0 aromatic carbocycles. The number of hydrogen-bond donors (Lipinski definition) is 0. The molecule has 0 saturated carbocycles. The molecule has 0 N–H and O–H groups in total. The van der Waals surface area contributed by atoms with Crippen LogP contribution in [0.15, 0.2) is 0 Å². The maximum absolute atomic E-state index is 9.33. The van der Waals surface area contributed by atoms with Gasteiger partial charge in [0.05, 0.1) is 0 Å². The third-order valence-electron chi connectivity index (χ3n) is 0. The van der Waals surface area contributed by atoms with Gasteiger partial charge in [0.25, 0.3) is 0 Å². The van der Waals surface area contributed by atoms with Crippen LogP contribution in [0.5, 0.6) is 0 Å². The van der Waals surface area contributed by atoms with Gasteiger partial charge in [0.2, 0.25) is 0 Å². The van der Waals surface area contributed by atoms with Gasteiger partial charge in [-0.05, 0) is 0 Å². The zero-order chi connectivity index (χ0) is 3.58. The second-order valence-electron chi connectivity index (χ2n) is 0.499. The molecule has 0 atom stereocenters. The van der Waals surface area contributed by atoms with Gasteiger partial charge in [-0.3, -0.25) is 0 Å². The summed E-state index contributed by atoms with van der Waals surface area (Å²) >= 11 is 0. The van der Waals surface area contributed by atoms with Crippen molar-refractivity contribution in [2.45, 2.75) is 0 Å². The van der Waals surface area contributed by atoms with Crippen LogP contribution < -0.4 is 0 Å². The van der Waals surface area contributed by atoms with Crippen molar-refractivity contribution >= 4 is 16.9 Å². The summed E-state index contributed by atoms with van der Waals surface area (Å²) in [5, 5.41) is 0. The van der Waals surface area contributed by atoms with E-state index in [9.17, 15) is 4.21 Å². The monoisotopic (exact) mass is 74.0 g/mol. The maximum atomic E-state index is 9.33. The molecule has 1 radical (unpaired) electrons. The molecule has 0 saturated heterocycles. The summed E-state index contributed by atoms with van der Waals surface area (Å²) in [6.07, 6.45) is 1.42. The fraction of sp³-hybridized carbons (Fsp3) is 1.00. The van der Waals surface area contributed by atoms with Gasteiger partial charge in [-0.2, -0.15) is 0 Å². The molecule has 23 valence electrons. The molecule has 0 fully saturated rings. The van der Waals surface area contributed by atoms with Gasteiger partial charge in [0.1, 0.15) is 0 Å². The SMILES string of the molecule is [B]=[S-](C)=O. The third-order valence-corrected chi connectivity index (χ3v) is 0. The van der Waals surface area contributed by atoms with Crippen molar-refractivity contribution in [2.75, 3.05) is 6.26 Å². The summed E-state index contributed by atoms with van der Waals surface area (Å²) in [4.78, 5) is 0. The van der Waals surface area contributed by atoms with E-state index in [2.05, 4.69) is 6.72 Å². The van der Waals surface area contributed by atoms with Crippen LogP contribution >= 0.6 is 0 Å². The van der Waals surface area contributed by atoms with E-state index >= 15 is 0 Å². The molecule has 0 spiro atoms. The van der Waals surface area contributed by atoms with Crippen molar-refractivity contribution in [2.24, 2.45) is 0 Å². The fourth-order valence-corrected chi connectivity index (χ4v) is 0. The summed E-state index contributed by atoms with van der Waals surface area (Å²) in [6, 6.07) is 0. The Morgan fingerprint density at radius 2 is 2.00 bits per heavy atom. The van der Waals surface area contributed by atoms with E-state index in [0.717, 1.165) is 0 Å². The summed E-state index contributed by atoms with van der Waals surface area (Å²) in [7, 11) is -1.11. The van der Waals surface area contributed by atoms with E-state index in [1.165, 1.54) is 6.26 Å². The molecule has 1 nitrogen and oxygen atoms in total. The zero-order valence-corrected chi connectivity index (χ0v) is 3.21. The van der Waals surface area contributed by atoms with E-state index < -0.39 is 10.2 Å². The molecular weight excluding hydrogens is 70.9 g/mol. The van der Waals surface area contributed by atoms with Crippen molar-refractivity contribution in [3.63, 3.8) is 0 Å². The second-order valence-corrected chi connectivity index (χ2v) is 1.50. The first kappa shape index (κ1) is 4.21. The molecule has 0 rings (SSSR count). The van der Waals surface area contributed by atoms with E-state index in [1.54, 1.807) is 0 Å². The Bertz CT molecular complexity index is 56.4. The molecule has 0 aromatic heterocycles. The van der Waals surface area contributed by atoms with Gasteiger partial charge in [-0.25, -0.2) is 0 Å². The quantitative estimate of drug-likeness (QED) is 0.284. The first-order chi connectivity index (χ1) is 1.73. The van der Waals surface area contributed by atoms with Gasteiger partial charge in [0, 0.05) is 0 Å². The standard InChI is InChI=1S/CH3BOS/c1-4(2)3/h1H3/q-1. The predicted octanol–water partition coefficient (Wildman–Crippen LogP) is -0.337. The van der Waals surface area contributed by atoms with Gasteiger partial charge >= 0.3 is 27.4 Å². The summed E-state index contributed by atoms with van der Waals surface area (Å²) < 4.78 is 9.33. The van der Waals surface area contributed by atoms with Crippen LogP contribution in [-0.2, 0) is 14.4 Å². The van der Waals surface area contributed by atoms with Crippen LogP contribution in [0.25, 0.3) is 0 Å². The zero-order valence-electron chi connectivity index (χ0n) is 2.39. The van der Waals surface area contributed by atoms with Crippen LogP contribution in [0.3, 0.4) is 0 Å². The number of hydrogen-bond acceptors (Lipinski definition) is 2. The van der Waals surface area contributed by atoms with Crippen molar-refractivity contribution in [3.8, 4) is 0 Å². The van der Waals surface area contributed by atoms with Crippen LogP contribution in [0.2, 0.25) is 0 Å². The third kappa shape index (κ3) is 70.8. The topological polar surface area (TPSA) is 17.1 Å². The van der Waals surface area contributed by atoms with E-state index in [4.69, 9.17) is 0 Å². The molecule has 0 amide bonds. The molecule has 0 aliphatic carbocycles. The van der Waals surface area contributed by atoms with Crippen molar-refractivity contribution in [3.05, 3.63) is 0 Å². The Balaban J connectivity index is 3.51. The van der Waals surface area contributed by atoms with Crippen LogP contribution in [-0.4, -0.2) is 13.0 Å². The molecule has 0 aliphatic rings. The average Bonchev–Trinajstić information content (AvgIpc) is 0.811. The summed E-state index contributed by atoms with van der Waals surface area (Å²) in [5.74, 6) is 0. The van der Waals surface area contributed by atoms with Crippen LogP contribution in [0.4, 0.5) is 0 Å². The number of rotatable bonds is 0. The molecule has 0 aliphatic heterocycles. The minimum atomic E-state index is -1.11. The molecule has 0 heterocycles. The Labute approximate surface area is 28.3 Å². The first-order valence-corrected chi connectivity index (χ1v) is 2.43. The predicted molar refractivity (Wildman–Crippen MR) is 19.7 cm³/mol. The van der Waals surface area contributed by atoms with Crippen LogP contribution in [0.1, 0.15) is 0 Å². The van der Waals surface area contributed by atoms with Crippen molar-refractivity contribution in [1.29, 1.82) is 0 Å². The second kappa shape index (κ2) is 1.53. The van der Waals surface area contributed by atoms with E-state index in [1.807, 2.05) is 0 Å². The van der Waals surface area contributed by atoms with Gasteiger partial charge in [-0.1, -0.05) is 0 Å². The van der Waals surface area contributed by atoms with E-state index in [0.29, 0.717) is 0 Å². The Hall–Kier alpha value is 0.215. The summed E-state index contributed by atoms with van der Waals surface area (Å²) in [6.45, 7) is 4.58. The van der Waals surface area contributed by atoms with Gasteiger partial charge in [0.15, 0.2) is 0 Å². The minimum absolute atomic E-state index is 1.11. The molecule has 4 heavy (non-hydrogen) atoms. The van der Waals surface area contributed by atoms with E-state index in [-0.39, 0.29) is 0 Å². The molecule has 0 aromatic rings. The molecule has 3 heteroatoms.